The number of carbonyl (C=O) groups is 1. The minimum atomic E-state index is -0.548. The van der Waals surface area contributed by atoms with Crippen molar-refractivity contribution in [2.24, 2.45) is 11.3 Å². The molecule has 14 heavy (non-hydrogen) atoms. The number of Topliss-reactive ketones (excluding diaryl/α,β-unsaturated/α-hetero) is 1. The molecule has 0 aromatic heterocycles. The number of hydrogen-bond donors (Lipinski definition) is 0. The van der Waals surface area contributed by atoms with Gasteiger partial charge in [-0.3, -0.25) is 4.79 Å². The molecule has 0 aromatic rings. The molecule has 1 aliphatic rings. The maximum absolute atomic E-state index is 11.9. The molecule has 0 spiro atoms. The molecule has 1 saturated carbocycles. The molecule has 1 nitrogen and oxygen atoms in total. The van der Waals surface area contributed by atoms with Crippen LogP contribution < -0.4 is 0 Å². The van der Waals surface area contributed by atoms with Gasteiger partial charge in [-0.25, -0.2) is 0 Å². The third-order valence-electron chi connectivity index (χ3n) is 3.30. The Morgan fingerprint density at radius 1 is 1.71 bits per heavy atom. The Kier molecular flexibility index (Phi) is 3.20. The van der Waals surface area contributed by atoms with Crippen LogP contribution in [-0.2, 0) is 4.79 Å². The molecule has 0 unspecified atom stereocenters. The number of alkyl halides is 1. The average Bonchev–Trinajstić information content (AvgIpc) is 2.13. The zero-order chi connectivity index (χ0) is 10.9. The summed E-state index contributed by atoms with van der Waals surface area (Å²) in [6.07, 6.45) is 3.06. The Bertz CT molecular complexity index is 282. The fourth-order valence-corrected chi connectivity index (χ4v) is 2.24. The van der Waals surface area contributed by atoms with Crippen molar-refractivity contribution in [3.05, 3.63) is 24.8 Å². The van der Waals surface area contributed by atoms with Crippen molar-refractivity contribution >= 4 is 17.4 Å². The lowest BCUT2D eigenvalue weighted by atomic mass is 9.69. The molecule has 0 bridgehead atoms. The zero-order valence-corrected chi connectivity index (χ0v) is 9.60. The van der Waals surface area contributed by atoms with E-state index < -0.39 is 5.41 Å². The summed E-state index contributed by atoms with van der Waals surface area (Å²) in [5, 5.41) is -0.150. The summed E-state index contributed by atoms with van der Waals surface area (Å²) in [5.41, 5.74) is 0.503. The summed E-state index contributed by atoms with van der Waals surface area (Å²) < 4.78 is 0. The van der Waals surface area contributed by atoms with Crippen LogP contribution in [0.5, 0.6) is 0 Å². The first-order valence-electron chi connectivity index (χ1n) is 4.88. The van der Waals surface area contributed by atoms with E-state index in [1.54, 1.807) is 6.08 Å². The van der Waals surface area contributed by atoms with Gasteiger partial charge in [0.1, 0.15) is 5.78 Å². The molecular formula is C12H17ClO. The van der Waals surface area contributed by atoms with Gasteiger partial charge in [-0.05, 0) is 26.2 Å². The second-order valence-electron chi connectivity index (χ2n) is 4.36. The van der Waals surface area contributed by atoms with Crippen LogP contribution in [0.1, 0.15) is 26.7 Å². The molecule has 1 aliphatic carbocycles. The molecule has 2 heteroatoms. The monoisotopic (exact) mass is 212 g/mol. The topological polar surface area (TPSA) is 17.1 Å². The SMILES string of the molecule is C=C[C@@]1(C)C(=O)C[C@@H](C(=C)C)C[C@H]1Cl. The van der Waals surface area contributed by atoms with Gasteiger partial charge < -0.3 is 0 Å². The number of allylic oxidation sites excluding steroid dienone is 2. The first-order chi connectivity index (χ1) is 6.41. The molecule has 0 radical (unpaired) electrons. The van der Waals surface area contributed by atoms with Crippen molar-refractivity contribution in [3.63, 3.8) is 0 Å². The van der Waals surface area contributed by atoms with Gasteiger partial charge in [-0.1, -0.05) is 18.2 Å². The quantitative estimate of drug-likeness (QED) is 0.507. The molecule has 1 fully saturated rings. The Morgan fingerprint density at radius 3 is 2.64 bits per heavy atom. The lowest BCUT2D eigenvalue weighted by Gasteiger charge is -2.38. The van der Waals surface area contributed by atoms with E-state index in [1.165, 1.54) is 0 Å². The number of halogens is 1. The van der Waals surface area contributed by atoms with Crippen LogP contribution >= 0.6 is 11.6 Å². The van der Waals surface area contributed by atoms with Crippen molar-refractivity contribution in [2.75, 3.05) is 0 Å². The van der Waals surface area contributed by atoms with E-state index >= 15 is 0 Å². The van der Waals surface area contributed by atoms with Crippen molar-refractivity contribution in [1.29, 1.82) is 0 Å². The molecule has 0 heterocycles. The summed E-state index contributed by atoms with van der Waals surface area (Å²) in [5.74, 6) is 0.435. The first kappa shape index (κ1) is 11.5. The Labute approximate surface area is 90.8 Å². The van der Waals surface area contributed by atoms with Crippen LogP contribution in [-0.4, -0.2) is 11.2 Å². The lowest BCUT2D eigenvalue weighted by molar-refractivity contribution is -0.128. The number of carbonyl (C=O) groups excluding carboxylic acids is 1. The fraction of sp³-hybridized carbons (Fsp3) is 0.583. The van der Waals surface area contributed by atoms with Crippen molar-refractivity contribution in [2.45, 2.75) is 32.1 Å². The highest BCUT2D eigenvalue weighted by Gasteiger charge is 2.43. The van der Waals surface area contributed by atoms with Crippen molar-refractivity contribution in [1.82, 2.24) is 0 Å². The number of ketones is 1. The minimum Gasteiger partial charge on any atom is -0.299 e. The second kappa shape index (κ2) is 3.90. The van der Waals surface area contributed by atoms with Gasteiger partial charge >= 0.3 is 0 Å². The first-order valence-corrected chi connectivity index (χ1v) is 5.31. The van der Waals surface area contributed by atoms with Crippen molar-refractivity contribution < 1.29 is 4.79 Å². The lowest BCUT2D eigenvalue weighted by Crippen LogP contribution is -2.42. The average molecular weight is 213 g/mol. The van der Waals surface area contributed by atoms with E-state index in [0.29, 0.717) is 6.42 Å². The van der Waals surface area contributed by atoms with Crippen molar-refractivity contribution in [3.8, 4) is 0 Å². The van der Waals surface area contributed by atoms with E-state index in [-0.39, 0.29) is 17.1 Å². The number of hydrogen-bond acceptors (Lipinski definition) is 1. The van der Waals surface area contributed by atoms with Gasteiger partial charge in [0, 0.05) is 11.8 Å². The normalized spacial score (nSPS) is 38.1. The summed E-state index contributed by atoms with van der Waals surface area (Å²) in [4.78, 5) is 11.9. The van der Waals surface area contributed by atoms with Crippen LogP contribution in [0.2, 0.25) is 0 Å². The third kappa shape index (κ3) is 1.78. The van der Waals surface area contributed by atoms with Gasteiger partial charge in [-0.2, -0.15) is 0 Å². The molecule has 1 rings (SSSR count). The maximum Gasteiger partial charge on any atom is 0.144 e. The maximum atomic E-state index is 11.9. The third-order valence-corrected chi connectivity index (χ3v) is 3.93. The zero-order valence-electron chi connectivity index (χ0n) is 8.85. The fourth-order valence-electron chi connectivity index (χ4n) is 1.81. The van der Waals surface area contributed by atoms with Gasteiger partial charge in [0.25, 0.3) is 0 Å². The Morgan fingerprint density at radius 2 is 2.29 bits per heavy atom. The van der Waals surface area contributed by atoms with Gasteiger partial charge in [-0.15, -0.1) is 18.2 Å². The molecular weight excluding hydrogens is 196 g/mol. The van der Waals surface area contributed by atoms with E-state index in [1.807, 2.05) is 13.8 Å². The molecule has 3 atom stereocenters. The summed E-state index contributed by atoms with van der Waals surface area (Å²) in [6.45, 7) is 11.4. The second-order valence-corrected chi connectivity index (χ2v) is 4.89. The van der Waals surface area contributed by atoms with Crippen LogP contribution in [0.15, 0.2) is 24.8 Å². The van der Waals surface area contributed by atoms with Crippen LogP contribution in [0, 0.1) is 11.3 Å². The largest absolute Gasteiger partial charge is 0.299 e. The molecule has 78 valence electrons. The van der Waals surface area contributed by atoms with E-state index in [4.69, 9.17) is 11.6 Å². The molecule has 0 saturated heterocycles. The van der Waals surface area contributed by atoms with E-state index in [0.717, 1.165) is 12.0 Å². The van der Waals surface area contributed by atoms with Crippen LogP contribution in [0.4, 0.5) is 0 Å². The predicted octanol–water partition coefficient (Wildman–Crippen LogP) is 3.34. The molecule has 0 amide bonds. The molecule has 0 aliphatic heterocycles. The van der Waals surface area contributed by atoms with Gasteiger partial charge in [0.05, 0.1) is 5.41 Å². The van der Waals surface area contributed by atoms with Crippen LogP contribution in [0.3, 0.4) is 0 Å². The van der Waals surface area contributed by atoms with Crippen LogP contribution in [0.25, 0.3) is 0 Å². The predicted molar refractivity (Wildman–Crippen MR) is 60.5 cm³/mol. The molecule has 0 aromatic carbocycles. The highest BCUT2D eigenvalue weighted by atomic mass is 35.5. The standard InChI is InChI=1S/C12H17ClO/c1-5-12(4)10(13)6-9(8(2)3)7-11(12)14/h5,9-10H,1-2,6-7H2,3-4H3/t9-,10+,12+/m0/s1. The molecule has 0 N–H and O–H groups in total. The highest BCUT2D eigenvalue weighted by Crippen LogP contribution is 2.42. The summed E-state index contributed by atoms with van der Waals surface area (Å²) >= 11 is 6.22. The highest BCUT2D eigenvalue weighted by molar-refractivity contribution is 6.23. The Hall–Kier alpha value is -0.560. The summed E-state index contributed by atoms with van der Waals surface area (Å²) in [6, 6.07) is 0. The Balaban J connectivity index is 2.88. The van der Waals surface area contributed by atoms with E-state index in [2.05, 4.69) is 13.2 Å². The smallest absolute Gasteiger partial charge is 0.144 e. The minimum absolute atomic E-state index is 0.150. The number of rotatable bonds is 2. The van der Waals surface area contributed by atoms with Gasteiger partial charge in [0.2, 0.25) is 0 Å². The summed E-state index contributed by atoms with van der Waals surface area (Å²) in [7, 11) is 0. The van der Waals surface area contributed by atoms with E-state index in [9.17, 15) is 4.79 Å². The van der Waals surface area contributed by atoms with Gasteiger partial charge in [0.15, 0.2) is 0 Å².